The summed E-state index contributed by atoms with van der Waals surface area (Å²) in [6.45, 7) is 1.92. The molecule has 0 spiro atoms. The fourth-order valence-corrected chi connectivity index (χ4v) is 2.57. The van der Waals surface area contributed by atoms with E-state index in [0.29, 0.717) is 13.1 Å². The molecule has 2 heterocycles. The van der Waals surface area contributed by atoms with E-state index >= 15 is 0 Å². The average Bonchev–Trinajstić information content (AvgIpc) is 2.61. The lowest BCUT2D eigenvalue weighted by Crippen LogP contribution is -2.42. The summed E-state index contributed by atoms with van der Waals surface area (Å²) in [6.07, 6.45) is 6.61. The van der Waals surface area contributed by atoms with Crippen LogP contribution in [-0.2, 0) is 6.54 Å². The Balaban J connectivity index is 1.59. The van der Waals surface area contributed by atoms with Crippen LogP contribution in [0.1, 0.15) is 17.5 Å². The molecule has 1 N–H and O–H groups in total. The summed E-state index contributed by atoms with van der Waals surface area (Å²) >= 11 is 0. The highest BCUT2D eigenvalue weighted by atomic mass is 16.2. The molecule has 0 aliphatic carbocycles. The molecule has 0 radical (unpaired) electrons. The van der Waals surface area contributed by atoms with E-state index in [0.717, 1.165) is 18.5 Å². The van der Waals surface area contributed by atoms with Gasteiger partial charge in [-0.25, -0.2) is 4.79 Å². The number of amides is 2. The summed E-state index contributed by atoms with van der Waals surface area (Å²) in [5.74, 6) is 0. The van der Waals surface area contributed by atoms with E-state index in [1.54, 1.807) is 12.4 Å². The van der Waals surface area contributed by atoms with Crippen molar-refractivity contribution in [2.75, 3.05) is 13.1 Å². The molecule has 22 heavy (non-hydrogen) atoms. The average molecular weight is 293 g/mol. The van der Waals surface area contributed by atoms with Gasteiger partial charge in [0, 0.05) is 32.0 Å². The van der Waals surface area contributed by atoms with Gasteiger partial charge in [0.2, 0.25) is 0 Å². The minimum atomic E-state index is -0.0228. The quantitative estimate of drug-likeness (QED) is 0.945. The molecule has 1 aromatic carbocycles. The van der Waals surface area contributed by atoms with Gasteiger partial charge in [0.25, 0.3) is 0 Å². The van der Waals surface area contributed by atoms with E-state index < -0.39 is 0 Å². The minimum Gasteiger partial charge on any atom is -0.334 e. The van der Waals surface area contributed by atoms with Crippen molar-refractivity contribution in [1.29, 1.82) is 0 Å². The second-order valence-electron chi connectivity index (χ2n) is 5.33. The summed E-state index contributed by atoms with van der Waals surface area (Å²) < 4.78 is 0. The first-order valence-corrected chi connectivity index (χ1v) is 7.49. The largest absolute Gasteiger partial charge is 0.334 e. The highest BCUT2D eigenvalue weighted by molar-refractivity contribution is 5.78. The molecule has 1 aliphatic rings. The lowest BCUT2D eigenvalue weighted by molar-refractivity contribution is 0.203. The molecule has 0 saturated heterocycles. The Hall–Kier alpha value is -2.62. The van der Waals surface area contributed by atoms with Crippen molar-refractivity contribution in [1.82, 2.24) is 15.2 Å². The van der Waals surface area contributed by atoms with Gasteiger partial charge >= 0.3 is 6.03 Å². The van der Waals surface area contributed by atoms with Crippen molar-refractivity contribution in [3.8, 4) is 0 Å². The molecule has 0 unspecified atom stereocenters. The van der Waals surface area contributed by atoms with Crippen LogP contribution in [0.3, 0.4) is 0 Å². The third-order valence-electron chi connectivity index (χ3n) is 3.75. The molecule has 1 aliphatic heterocycles. The number of pyridine rings is 1. The van der Waals surface area contributed by atoms with Crippen molar-refractivity contribution in [2.45, 2.75) is 13.0 Å². The van der Waals surface area contributed by atoms with Crippen molar-refractivity contribution >= 4 is 11.6 Å². The Kier molecular flexibility index (Phi) is 4.49. The van der Waals surface area contributed by atoms with Crippen LogP contribution in [0.5, 0.6) is 0 Å². The molecule has 4 nitrogen and oxygen atoms in total. The maximum Gasteiger partial charge on any atom is 0.317 e. The summed E-state index contributed by atoms with van der Waals surface area (Å²) in [6, 6.07) is 14.0. The molecular formula is C18H19N3O. The first-order chi connectivity index (χ1) is 10.8. The number of nitrogens with zero attached hydrogens (tertiary/aromatic N) is 2. The smallest absolute Gasteiger partial charge is 0.317 e. The summed E-state index contributed by atoms with van der Waals surface area (Å²) in [5, 5.41) is 2.96. The van der Waals surface area contributed by atoms with Gasteiger partial charge in [0.05, 0.1) is 0 Å². The van der Waals surface area contributed by atoms with E-state index in [-0.39, 0.29) is 6.03 Å². The van der Waals surface area contributed by atoms with Crippen LogP contribution in [0.25, 0.3) is 5.57 Å². The molecule has 4 heteroatoms. The predicted molar refractivity (Wildman–Crippen MR) is 87.1 cm³/mol. The summed E-state index contributed by atoms with van der Waals surface area (Å²) in [7, 11) is 0. The van der Waals surface area contributed by atoms with E-state index in [1.165, 1.54) is 11.1 Å². The Bertz CT molecular complexity index is 653. The number of nitrogens with one attached hydrogen (secondary N) is 1. The number of rotatable bonds is 3. The van der Waals surface area contributed by atoms with Crippen LogP contribution in [0.2, 0.25) is 0 Å². The Morgan fingerprint density at radius 3 is 2.82 bits per heavy atom. The topological polar surface area (TPSA) is 45.2 Å². The maximum absolute atomic E-state index is 12.3. The summed E-state index contributed by atoms with van der Waals surface area (Å²) in [4.78, 5) is 18.2. The second kappa shape index (κ2) is 6.89. The van der Waals surface area contributed by atoms with Crippen LogP contribution in [0.15, 0.2) is 60.9 Å². The van der Waals surface area contributed by atoms with E-state index in [9.17, 15) is 4.79 Å². The van der Waals surface area contributed by atoms with Gasteiger partial charge in [-0.1, -0.05) is 42.5 Å². The SMILES string of the molecule is O=C(NCc1cccnc1)N1CCC=C(c2ccccc2)C1. The molecule has 112 valence electrons. The zero-order valence-electron chi connectivity index (χ0n) is 12.4. The number of carbonyl (C=O) groups is 1. The fraction of sp³-hybridized carbons (Fsp3) is 0.222. The number of benzene rings is 1. The molecule has 0 atom stereocenters. The minimum absolute atomic E-state index is 0.0228. The van der Waals surface area contributed by atoms with E-state index in [2.05, 4.69) is 28.5 Å². The monoisotopic (exact) mass is 293 g/mol. The molecule has 3 rings (SSSR count). The zero-order chi connectivity index (χ0) is 15.2. The first kappa shape index (κ1) is 14.3. The first-order valence-electron chi connectivity index (χ1n) is 7.49. The predicted octanol–water partition coefficient (Wildman–Crippen LogP) is 3.08. The maximum atomic E-state index is 12.3. The number of carbonyl (C=O) groups excluding carboxylic acids is 1. The lowest BCUT2D eigenvalue weighted by atomic mass is 10.0. The van der Waals surface area contributed by atoms with Gasteiger partial charge in [0.1, 0.15) is 0 Å². The van der Waals surface area contributed by atoms with Crippen molar-refractivity contribution in [3.63, 3.8) is 0 Å². The van der Waals surface area contributed by atoms with Crippen molar-refractivity contribution in [3.05, 3.63) is 72.1 Å². The van der Waals surface area contributed by atoms with Crippen LogP contribution in [0.4, 0.5) is 4.79 Å². The van der Waals surface area contributed by atoms with Crippen molar-refractivity contribution < 1.29 is 4.79 Å². The molecule has 2 amide bonds. The van der Waals surface area contributed by atoms with Gasteiger partial charge in [-0.3, -0.25) is 4.98 Å². The molecule has 0 fully saturated rings. The van der Waals surface area contributed by atoms with Crippen LogP contribution >= 0.6 is 0 Å². The second-order valence-corrected chi connectivity index (χ2v) is 5.33. The molecular weight excluding hydrogens is 274 g/mol. The molecule has 1 aromatic heterocycles. The lowest BCUT2D eigenvalue weighted by Gasteiger charge is -2.27. The zero-order valence-corrected chi connectivity index (χ0v) is 12.4. The number of hydrogen-bond donors (Lipinski definition) is 1. The van der Waals surface area contributed by atoms with Crippen LogP contribution < -0.4 is 5.32 Å². The third kappa shape index (κ3) is 3.52. The number of urea groups is 1. The highest BCUT2D eigenvalue weighted by Gasteiger charge is 2.18. The Morgan fingerprint density at radius 2 is 2.05 bits per heavy atom. The Morgan fingerprint density at radius 1 is 1.18 bits per heavy atom. The molecule has 0 bridgehead atoms. The van der Waals surface area contributed by atoms with Crippen molar-refractivity contribution in [2.24, 2.45) is 0 Å². The van der Waals surface area contributed by atoms with Gasteiger partial charge in [0.15, 0.2) is 0 Å². The van der Waals surface area contributed by atoms with Gasteiger partial charge in [-0.15, -0.1) is 0 Å². The molecule has 0 saturated carbocycles. The normalized spacial score (nSPS) is 14.4. The molecule has 2 aromatic rings. The van der Waals surface area contributed by atoms with E-state index in [1.807, 2.05) is 35.2 Å². The number of aromatic nitrogens is 1. The highest BCUT2D eigenvalue weighted by Crippen LogP contribution is 2.20. The third-order valence-corrected chi connectivity index (χ3v) is 3.75. The summed E-state index contributed by atoms with van der Waals surface area (Å²) in [5.41, 5.74) is 3.40. The van der Waals surface area contributed by atoms with Gasteiger partial charge in [-0.05, 0) is 29.2 Å². The standard InChI is InChI=1S/C18H19N3O/c22-18(20-13-15-6-4-10-19-12-15)21-11-5-9-17(14-21)16-7-2-1-3-8-16/h1-4,6-10,12H,5,11,13-14H2,(H,20,22). The van der Waals surface area contributed by atoms with E-state index in [4.69, 9.17) is 0 Å². The fourth-order valence-electron chi connectivity index (χ4n) is 2.57. The van der Waals surface area contributed by atoms with Gasteiger partial charge in [-0.2, -0.15) is 0 Å². The Labute approximate surface area is 130 Å². The van der Waals surface area contributed by atoms with Gasteiger partial charge < -0.3 is 10.2 Å². The van der Waals surface area contributed by atoms with Crippen LogP contribution in [0, 0.1) is 0 Å². The van der Waals surface area contributed by atoms with Crippen LogP contribution in [-0.4, -0.2) is 29.0 Å². The number of hydrogen-bond acceptors (Lipinski definition) is 2.